The van der Waals surface area contributed by atoms with Crippen LogP contribution < -0.4 is 15.1 Å². The maximum absolute atomic E-state index is 12.2. The second-order valence-corrected chi connectivity index (χ2v) is 5.57. The number of ether oxygens (including phenoxy) is 2. The van der Waals surface area contributed by atoms with Crippen molar-refractivity contribution in [3.8, 4) is 11.5 Å². The summed E-state index contributed by atoms with van der Waals surface area (Å²) in [6, 6.07) is 14.6. The SMILES string of the molecule is CCCCOc1ccc(C(=O)Oc2ccc3oc(=O)ccc3c2)cc1. The first-order valence-corrected chi connectivity index (χ1v) is 8.14. The molecule has 5 nitrogen and oxygen atoms in total. The first kappa shape index (κ1) is 16.8. The van der Waals surface area contributed by atoms with Gasteiger partial charge in [-0.25, -0.2) is 9.59 Å². The average molecular weight is 338 g/mol. The van der Waals surface area contributed by atoms with Crippen LogP contribution in [0.4, 0.5) is 0 Å². The van der Waals surface area contributed by atoms with Gasteiger partial charge in [-0.1, -0.05) is 13.3 Å². The summed E-state index contributed by atoms with van der Waals surface area (Å²) in [5.41, 5.74) is 0.460. The highest BCUT2D eigenvalue weighted by Crippen LogP contribution is 2.21. The molecule has 0 aliphatic carbocycles. The van der Waals surface area contributed by atoms with E-state index in [2.05, 4.69) is 6.92 Å². The molecule has 0 atom stereocenters. The molecule has 0 fully saturated rings. The lowest BCUT2D eigenvalue weighted by atomic mass is 10.2. The molecule has 0 saturated carbocycles. The van der Waals surface area contributed by atoms with E-state index in [0.717, 1.165) is 18.6 Å². The maximum Gasteiger partial charge on any atom is 0.343 e. The van der Waals surface area contributed by atoms with Crippen molar-refractivity contribution in [2.75, 3.05) is 6.61 Å². The minimum atomic E-state index is -0.461. The van der Waals surface area contributed by atoms with Crippen LogP contribution in [0, 0.1) is 0 Å². The smallest absolute Gasteiger partial charge is 0.343 e. The number of fused-ring (bicyclic) bond motifs is 1. The van der Waals surface area contributed by atoms with Gasteiger partial charge in [-0.3, -0.25) is 0 Å². The summed E-state index contributed by atoms with van der Waals surface area (Å²) >= 11 is 0. The van der Waals surface area contributed by atoms with Crippen molar-refractivity contribution >= 4 is 16.9 Å². The number of benzene rings is 2. The molecule has 0 N–H and O–H groups in total. The summed E-state index contributed by atoms with van der Waals surface area (Å²) < 4.78 is 16.0. The first-order valence-electron chi connectivity index (χ1n) is 8.14. The zero-order chi connectivity index (χ0) is 17.6. The topological polar surface area (TPSA) is 65.7 Å². The van der Waals surface area contributed by atoms with Crippen LogP contribution >= 0.6 is 0 Å². The fraction of sp³-hybridized carbons (Fsp3) is 0.200. The van der Waals surface area contributed by atoms with E-state index in [4.69, 9.17) is 13.9 Å². The third kappa shape index (κ3) is 4.26. The molecule has 0 radical (unpaired) electrons. The van der Waals surface area contributed by atoms with Gasteiger partial charge in [-0.05, 0) is 55.0 Å². The first-order chi connectivity index (χ1) is 12.2. The van der Waals surface area contributed by atoms with Crippen LogP contribution in [-0.4, -0.2) is 12.6 Å². The molecule has 0 bridgehead atoms. The lowest BCUT2D eigenvalue weighted by molar-refractivity contribution is 0.0735. The van der Waals surface area contributed by atoms with Crippen molar-refractivity contribution in [3.63, 3.8) is 0 Å². The quantitative estimate of drug-likeness (QED) is 0.292. The minimum absolute atomic E-state index is 0.384. The van der Waals surface area contributed by atoms with Gasteiger partial charge in [0.25, 0.3) is 0 Å². The Kier molecular flexibility index (Phi) is 5.14. The molecule has 0 amide bonds. The van der Waals surface area contributed by atoms with Crippen LogP contribution in [0.2, 0.25) is 0 Å². The molecule has 128 valence electrons. The van der Waals surface area contributed by atoms with Crippen molar-refractivity contribution in [1.82, 2.24) is 0 Å². The van der Waals surface area contributed by atoms with Crippen LogP contribution in [0.15, 0.2) is 63.8 Å². The van der Waals surface area contributed by atoms with Crippen molar-refractivity contribution in [2.45, 2.75) is 19.8 Å². The molecule has 2 aromatic carbocycles. The van der Waals surface area contributed by atoms with Crippen molar-refractivity contribution in [2.24, 2.45) is 0 Å². The number of carbonyl (C=O) groups is 1. The second-order valence-electron chi connectivity index (χ2n) is 5.57. The van der Waals surface area contributed by atoms with E-state index in [1.807, 2.05) is 0 Å². The van der Waals surface area contributed by atoms with Crippen LogP contribution in [0.25, 0.3) is 11.0 Å². The van der Waals surface area contributed by atoms with Crippen molar-refractivity contribution in [3.05, 3.63) is 70.6 Å². The molecular weight excluding hydrogens is 320 g/mol. The number of carbonyl (C=O) groups excluding carboxylic acids is 1. The van der Waals surface area contributed by atoms with Gasteiger partial charge in [0.2, 0.25) is 0 Å². The average Bonchev–Trinajstić information content (AvgIpc) is 2.62. The van der Waals surface area contributed by atoms with E-state index >= 15 is 0 Å². The third-order valence-electron chi connectivity index (χ3n) is 3.66. The number of rotatable bonds is 6. The standard InChI is InChI=1S/C20H18O5/c1-2-3-12-23-16-7-4-14(5-8-16)20(22)24-17-9-10-18-15(13-17)6-11-19(21)25-18/h4-11,13H,2-3,12H2,1H3. The van der Waals surface area contributed by atoms with Gasteiger partial charge in [0, 0.05) is 11.5 Å². The van der Waals surface area contributed by atoms with E-state index in [-0.39, 0.29) is 0 Å². The molecule has 1 heterocycles. The molecule has 0 spiro atoms. The van der Waals surface area contributed by atoms with E-state index in [9.17, 15) is 9.59 Å². The van der Waals surface area contributed by atoms with Crippen LogP contribution in [-0.2, 0) is 0 Å². The van der Waals surface area contributed by atoms with Gasteiger partial charge in [0.15, 0.2) is 0 Å². The van der Waals surface area contributed by atoms with Gasteiger partial charge >= 0.3 is 11.6 Å². The number of hydrogen-bond donors (Lipinski definition) is 0. The Balaban J connectivity index is 1.69. The highest BCUT2D eigenvalue weighted by Gasteiger charge is 2.10. The van der Waals surface area contributed by atoms with Gasteiger partial charge < -0.3 is 13.9 Å². The molecule has 5 heteroatoms. The molecule has 0 unspecified atom stereocenters. The summed E-state index contributed by atoms with van der Waals surface area (Å²) in [6.07, 6.45) is 2.06. The van der Waals surface area contributed by atoms with Gasteiger partial charge in [0.1, 0.15) is 17.1 Å². The van der Waals surface area contributed by atoms with Gasteiger partial charge in [-0.15, -0.1) is 0 Å². The molecule has 3 aromatic rings. The molecule has 0 aliphatic rings. The lowest BCUT2D eigenvalue weighted by Crippen LogP contribution is -2.08. The summed E-state index contributed by atoms with van der Waals surface area (Å²) in [5, 5.41) is 0.685. The van der Waals surface area contributed by atoms with E-state index < -0.39 is 11.6 Å². The lowest BCUT2D eigenvalue weighted by Gasteiger charge is -2.07. The Bertz CT molecular complexity index is 925. The molecular formula is C20H18O5. The predicted octanol–water partition coefficient (Wildman–Crippen LogP) is 4.19. The van der Waals surface area contributed by atoms with Crippen molar-refractivity contribution < 1.29 is 18.7 Å². The Morgan fingerprint density at radius 1 is 1.00 bits per heavy atom. The Morgan fingerprint density at radius 2 is 1.76 bits per heavy atom. The summed E-state index contributed by atoms with van der Waals surface area (Å²) in [7, 11) is 0. The monoisotopic (exact) mass is 338 g/mol. The maximum atomic E-state index is 12.2. The highest BCUT2D eigenvalue weighted by atomic mass is 16.5. The molecule has 1 aromatic heterocycles. The van der Waals surface area contributed by atoms with E-state index in [1.54, 1.807) is 48.5 Å². The van der Waals surface area contributed by atoms with Crippen molar-refractivity contribution in [1.29, 1.82) is 0 Å². The van der Waals surface area contributed by atoms with Crippen LogP contribution in [0.1, 0.15) is 30.1 Å². The summed E-state index contributed by atoms with van der Waals surface area (Å²) in [6.45, 7) is 2.76. The number of unbranched alkanes of at least 4 members (excludes halogenated alkanes) is 1. The molecule has 25 heavy (non-hydrogen) atoms. The molecule has 0 saturated heterocycles. The van der Waals surface area contributed by atoms with Crippen LogP contribution in [0.5, 0.6) is 11.5 Å². The number of esters is 1. The normalized spacial score (nSPS) is 10.6. The summed E-state index contributed by atoms with van der Waals surface area (Å²) in [4.78, 5) is 23.4. The van der Waals surface area contributed by atoms with Crippen LogP contribution in [0.3, 0.4) is 0 Å². The van der Waals surface area contributed by atoms with Gasteiger partial charge in [-0.2, -0.15) is 0 Å². The fourth-order valence-corrected chi connectivity index (χ4v) is 2.30. The predicted molar refractivity (Wildman–Crippen MR) is 94.3 cm³/mol. The van der Waals surface area contributed by atoms with Gasteiger partial charge in [0.05, 0.1) is 12.2 Å². The molecule has 0 aliphatic heterocycles. The third-order valence-corrected chi connectivity index (χ3v) is 3.66. The van der Waals surface area contributed by atoms with E-state index in [1.165, 1.54) is 6.07 Å². The zero-order valence-electron chi connectivity index (χ0n) is 13.9. The second kappa shape index (κ2) is 7.66. The summed E-state index contributed by atoms with van der Waals surface area (Å²) in [5.74, 6) is 0.650. The minimum Gasteiger partial charge on any atom is -0.494 e. The Labute approximate surface area is 144 Å². The number of hydrogen-bond acceptors (Lipinski definition) is 5. The highest BCUT2D eigenvalue weighted by molar-refractivity contribution is 5.91. The van der Waals surface area contributed by atoms with E-state index in [0.29, 0.717) is 28.9 Å². The Hall–Kier alpha value is -3.08. The fourth-order valence-electron chi connectivity index (χ4n) is 2.30. The molecule has 3 rings (SSSR count). The largest absolute Gasteiger partial charge is 0.494 e. The zero-order valence-corrected chi connectivity index (χ0v) is 13.9. The Morgan fingerprint density at radius 3 is 2.52 bits per heavy atom.